The molecule has 296 valence electrons. The van der Waals surface area contributed by atoms with Gasteiger partial charge in [-0.1, -0.05) is 160 Å². The molecule has 1 fully saturated rings. The predicted octanol–water partition coefficient (Wildman–Crippen LogP) is 9.66. The highest BCUT2D eigenvalue weighted by molar-refractivity contribution is 5.86. The zero-order valence-electron chi connectivity index (χ0n) is 32.6. The molecular formula is C43H76O8. The highest BCUT2D eigenvalue weighted by atomic mass is 16.6. The van der Waals surface area contributed by atoms with Crippen molar-refractivity contribution in [3.8, 4) is 0 Å². The smallest absolute Gasteiger partial charge is 0.305 e. The van der Waals surface area contributed by atoms with Crippen molar-refractivity contribution in [2.45, 2.75) is 206 Å². The molecule has 0 aliphatic heterocycles. The molecular weight excluding hydrogens is 644 g/mol. The summed E-state index contributed by atoms with van der Waals surface area (Å²) in [5, 5.41) is 30.6. The summed E-state index contributed by atoms with van der Waals surface area (Å²) in [5.74, 6) is -1.35. The highest BCUT2D eigenvalue weighted by Gasteiger charge is 2.39. The number of hydrogen-bond acceptors (Lipinski definition) is 8. The van der Waals surface area contributed by atoms with Gasteiger partial charge in [0, 0.05) is 31.1 Å². The van der Waals surface area contributed by atoms with E-state index in [-0.39, 0.29) is 43.7 Å². The minimum Gasteiger partial charge on any atom is -0.463 e. The number of allylic oxidation sites excluding steroid dienone is 3. The Morgan fingerprint density at radius 2 is 1.16 bits per heavy atom. The van der Waals surface area contributed by atoms with Gasteiger partial charge in [-0.2, -0.15) is 0 Å². The summed E-state index contributed by atoms with van der Waals surface area (Å²) in [6, 6.07) is 0. The van der Waals surface area contributed by atoms with Gasteiger partial charge in [-0.3, -0.25) is 14.4 Å². The molecule has 0 aromatic rings. The Hall–Kier alpha value is -2.03. The quantitative estimate of drug-likeness (QED) is 0.0340. The van der Waals surface area contributed by atoms with Crippen LogP contribution in [0, 0.1) is 11.8 Å². The lowest BCUT2D eigenvalue weighted by atomic mass is 9.90. The second-order valence-corrected chi connectivity index (χ2v) is 14.9. The van der Waals surface area contributed by atoms with Gasteiger partial charge in [0.05, 0.1) is 12.2 Å². The molecule has 3 N–H and O–H groups in total. The lowest BCUT2D eigenvalue weighted by Crippen LogP contribution is -2.25. The van der Waals surface area contributed by atoms with Crippen LogP contribution in [0.5, 0.6) is 0 Å². The number of esters is 2. The largest absolute Gasteiger partial charge is 0.463 e. The molecule has 0 aromatic carbocycles. The van der Waals surface area contributed by atoms with E-state index >= 15 is 0 Å². The van der Waals surface area contributed by atoms with Crippen LogP contribution in [0.15, 0.2) is 24.3 Å². The van der Waals surface area contributed by atoms with Crippen LogP contribution in [0.1, 0.15) is 187 Å². The Kier molecular flexibility index (Phi) is 30.0. The van der Waals surface area contributed by atoms with Crippen molar-refractivity contribution in [3.63, 3.8) is 0 Å². The molecule has 0 saturated heterocycles. The average Bonchev–Trinajstić information content (AvgIpc) is 3.39. The fourth-order valence-corrected chi connectivity index (χ4v) is 6.77. The van der Waals surface area contributed by atoms with Gasteiger partial charge >= 0.3 is 11.9 Å². The first-order chi connectivity index (χ1) is 24.8. The van der Waals surface area contributed by atoms with Crippen LogP contribution < -0.4 is 0 Å². The van der Waals surface area contributed by atoms with Crippen molar-refractivity contribution in [2.75, 3.05) is 13.2 Å². The highest BCUT2D eigenvalue weighted by Crippen LogP contribution is 2.33. The van der Waals surface area contributed by atoms with Gasteiger partial charge in [-0.05, 0) is 32.1 Å². The van der Waals surface area contributed by atoms with Crippen LogP contribution >= 0.6 is 0 Å². The molecule has 0 radical (unpaired) electrons. The Morgan fingerprint density at radius 1 is 0.686 bits per heavy atom. The van der Waals surface area contributed by atoms with E-state index in [4.69, 9.17) is 9.47 Å². The van der Waals surface area contributed by atoms with Crippen molar-refractivity contribution in [3.05, 3.63) is 24.3 Å². The lowest BCUT2D eigenvalue weighted by Gasteiger charge is -2.17. The second-order valence-electron chi connectivity index (χ2n) is 14.9. The maximum Gasteiger partial charge on any atom is 0.305 e. The van der Waals surface area contributed by atoms with Crippen LogP contribution in [-0.4, -0.2) is 64.6 Å². The number of ketones is 1. The Balaban J connectivity index is 2.01. The van der Waals surface area contributed by atoms with Crippen molar-refractivity contribution >= 4 is 17.7 Å². The van der Waals surface area contributed by atoms with Crippen molar-refractivity contribution < 1.29 is 39.2 Å². The molecule has 0 aromatic heterocycles. The molecule has 5 atom stereocenters. The minimum absolute atomic E-state index is 0.00295. The third-order valence-electron chi connectivity index (χ3n) is 10.1. The molecule has 0 bridgehead atoms. The van der Waals surface area contributed by atoms with Gasteiger partial charge in [0.25, 0.3) is 0 Å². The summed E-state index contributed by atoms with van der Waals surface area (Å²) in [7, 11) is 0. The molecule has 1 saturated carbocycles. The van der Waals surface area contributed by atoms with E-state index in [1.165, 1.54) is 89.9 Å². The standard InChI is InChI=1S/C43H76O8/c1-3-5-7-8-9-10-11-12-13-14-15-16-17-18-19-20-25-29-42(48)50-34-37(45)35-51-43(49)30-26-22-21-24-28-38-39(41(47)33-40(38)46)32-31-36(44)27-23-6-4-2/h21,24,31-32,36-40,44-46H,3-20,22-23,25-30,33-35H2,1-2H3/b24-21-,32-31+/t36-,37+,38+,39+,40-/m0/s1. The molecule has 1 aliphatic rings. The second kappa shape index (κ2) is 32.6. The molecule has 1 aliphatic carbocycles. The summed E-state index contributed by atoms with van der Waals surface area (Å²) >= 11 is 0. The van der Waals surface area contributed by atoms with Crippen molar-refractivity contribution in [1.29, 1.82) is 0 Å². The Bertz CT molecular complexity index is 931. The number of hydrogen-bond donors (Lipinski definition) is 3. The molecule has 8 heteroatoms. The average molecular weight is 721 g/mol. The first-order valence-electron chi connectivity index (χ1n) is 21.0. The molecule has 51 heavy (non-hydrogen) atoms. The topological polar surface area (TPSA) is 130 Å². The molecule has 1 rings (SSSR count). The lowest BCUT2D eigenvalue weighted by molar-refractivity contribution is -0.152. The van der Waals surface area contributed by atoms with Crippen LogP contribution in [0.2, 0.25) is 0 Å². The zero-order valence-corrected chi connectivity index (χ0v) is 32.6. The monoisotopic (exact) mass is 721 g/mol. The fraction of sp³-hybridized carbons (Fsp3) is 0.837. The number of aliphatic hydroxyl groups excluding tert-OH is 3. The van der Waals surface area contributed by atoms with Gasteiger partial charge in [0.15, 0.2) is 0 Å². The van der Waals surface area contributed by atoms with Crippen LogP contribution in [0.25, 0.3) is 0 Å². The van der Waals surface area contributed by atoms with Gasteiger partial charge in [-0.15, -0.1) is 0 Å². The van der Waals surface area contributed by atoms with Gasteiger partial charge < -0.3 is 24.8 Å². The van der Waals surface area contributed by atoms with E-state index in [0.29, 0.717) is 32.1 Å². The maximum atomic E-state index is 12.4. The number of Topliss-reactive ketones (excluding diaryl/α,β-unsaturated/α-hetero) is 1. The molecule has 0 heterocycles. The first kappa shape index (κ1) is 47.0. The van der Waals surface area contributed by atoms with E-state index in [0.717, 1.165) is 38.5 Å². The van der Waals surface area contributed by atoms with Crippen LogP contribution in [0.3, 0.4) is 0 Å². The van der Waals surface area contributed by atoms with E-state index < -0.39 is 30.2 Å². The molecule has 0 unspecified atom stereocenters. The summed E-state index contributed by atoms with van der Waals surface area (Å²) in [5.41, 5.74) is 0. The van der Waals surface area contributed by atoms with Crippen molar-refractivity contribution in [2.24, 2.45) is 11.8 Å². The number of aliphatic hydroxyl groups is 3. The number of carbonyl (C=O) groups is 3. The summed E-state index contributed by atoms with van der Waals surface area (Å²) in [4.78, 5) is 36.5. The van der Waals surface area contributed by atoms with E-state index in [1.807, 2.05) is 12.2 Å². The van der Waals surface area contributed by atoms with E-state index in [2.05, 4.69) is 13.8 Å². The van der Waals surface area contributed by atoms with Crippen LogP contribution in [0.4, 0.5) is 0 Å². The van der Waals surface area contributed by atoms with Crippen LogP contribution in [-0.2, 0) is 23.9 Å². The predicted molar refractivity (Wildman–Crippen MR) is 206 cm³/mol. The van der Waals surface area contributed by atoms with Gasteiger partial charge in [0.1, 0.15) is 25.1 Å². The third-order valence-corrected chi connectivity index (χ3v) is 10.1. The number of carbonyl (C=O) groups excluding carboxylic acids is 3. The molecule has 0 spiro atoms. The Morgan fingerprint density at radius 3 is 1.69 bits per heavy atom. The van der Waals surface area contributed by atoms with Crippen molar-refractivity contribution in [1.82, 2.24) is 0 Å². The normalized spacial score (nSPS) is 18.9. The SMILES string of the molecule is CCCCCCCCCCCCCCCCCCCC(=O)OC[C@@H](O)COC(=O)CCC/C=C\C[C@H]1[C@@H](O)CC(=O)[C@@H]1/C=C/[C@@H](O)CCCCC. The third kappa shape index (κ3) is 26.4. The zero-order chi connectivity index (χ0) is 37.4. The number of rotatable bonds is 34. The summed E-state index contributed by atoms with van der Waals surface area (Å²) < 4.78 is 10.3. The number of unbranched alkanes of at least 4 members (excludes halogenated alkanes) is 19. The Labute approximate surface area is 311 Å². The van der Waals surface area contributed by atoms with E-state index in [1.54, 1.807) is 12.2 Å². The molecule has 8 nitrogen and oxygen atoms in total. The fourth-order valence-electron chi connectivity index (χ4n) is 6.77. The van der Waals surface area contributed by atoms with E-state index in [9.17, 15) is 29.7 Å². The molecule has 0 amide bonds. The number of ether oxygens (including phenoxy) is 2. The first-order valence-corrected chi connectivity index (χ1v) is 21.0. The summed E-state index contributed by atoms with van der Waals surface area (Å²) in [6.45, 7) is 3.99. The van der Waals surface area contributed by atoms with Gasteiger partial charge in [0.2, 0.25) is 0 Å². The maximum absolute atomic E-state index is 12.4. The minimum atomic E-state index is -1.05. The summed E-state index contributed by atoms with van der Waals surface area (Å²) in [6.07, 6.45) is 33.1. The van der Waals surface area contributed by atoms with Gasteiger partial charge in [-0.25, -0.2) is 0 Å².